The highest BCUT2D eigenvalue weighted by molar-refractivity contribution is 5.47. The van der Waals surface area contributed by atoms with Crippen molar-refractivity contribution in [3.63, 3.8) is 0 Å². The van der Waals surface area contributed by atoms with E-state index in [1.807, 2.05) is 0 Å². The summed E-state index contributed by atoms with van der Waals surface area (Å²) in [4.78, 5) is 10.3. The summed E-state index contributed by atoms with van der Waals surface area (Å²) in [5, 5.41) is 19.9. The van der Waals surface area contributed by atoms with Gasteiger partial charge in [-0.1, -0.05) is 12.1 Å². The molecular weight excluding hydrogens is 196 g/mol. The molecule has 1 unspecified atom stereocenters. The Morgan fingerprint density at radius 1 is 1.60 bits per heavy atom. The quantitative estimate of drug-likeness (QED) is 0.571. The largest absolute Gasteiger partial charge is 0.396 e. The maximum Gasteiger partial charge on any atom is 0.273 e. The van der Waals surface area contributed by atoms with Gasteiger partial charge >= 0.3 is 0 Å². The predicted molar refractivity (Wildman–Crippen MR) is 56.7 cm³/mol. The number of hydrogen-bond donors (Lipinski definition) is 2. The highest BCUT2D eigenvalue weighted by atomic mass is 16.6. The lowest BCUT2D eigenvalue weighted by atomic mass is 9.94. The van der Waals surface area contributed by atoms with Crippen molar-refractivity contribution in [3.8, 4) is 0 Å². The molecule has 1 aromatic carbocycles. The van der Waals surface area contributed by atoms with Crippen molar-refractivity contribution >= 4 is 5.69 Å². The Kier molecular flexibility index (Phi) is 3.76. The maximum atomic E-state index is 10.8. The van der Waals surface area contributed by atoms with Crippen LogP contribution in [-0.4, -0.2) is 23.2 Å². The van der Waals surface area contributed by atoms with Gasteiger partial charge in [0, 0.05) is 24.1 Å². The van der Waals surface area contributed by atoms with Crippen LogP contribution < -0.4 is 5.73 Å². The third-order valence-electron chi connectivity index (χ3n) is 2.41. The molecule has 0 aromatic heterocycles. The van der Waals surface area contributed by atoms with E-state index in [-0.39, 0.29) is 24.8 Å². The van der Waals surface area contributed by atoms with Gasteiger partial charge in [0.25, 0.3) is 5.69 Å². The van der Waals surface area contributed by atoms with E-state index in [1.54, 1.807) is 19.1 Å². The second-order valence-corrected chi connectivity index (χ2v) is 3.38. The first-order valence-corrected chi connectivity index (χ1v) is 4.66. The fourth-order valence-corrected chi connectivity index (χ4v) is 1.64. The van der Waals surface area contributed by atoms with E-state index in [4.69, 9.17) is 10.8 Å². The minimum absolute atomic E-state index is 0.0273. The van der Waals surface area contributed by atoms with E-state index in [1.165, 1.54) is 6.07 Å². The lowest BCUT2D eigenvalue weighted by Crippen LogP contribution is -2.18. The Balaban J connectivity index is 3.29. The zero-order valence-corrected chi connectivity index (χ0v) is 8.51. The molecule has 0 heterocycles. The zero-order valence-electron chi connectivity index (χ0n) is 8.51. The number of benzene rings is 1. The summed E-state index contributed by atoms with van der Waals surface area (Å²) < 4.78 is 0. The second kappa shape index (κ2) is 4.86. The average Bonchev–Trinajstić information content (AvgIpc) is 2.21. The molecule has 3 N–H and O–H groups in total. The number of rotatable bonds is 4. The molecule has 1 atom stereocenters. The Hall–Kier alpha value is -1.46. The number of nitro groups is 1. The van der Waals surface area contributed by atoms with Crippen molar-refractivity contribution in [2.75, 3.05) is 13.2 Å². The van der Waals surface area contributed by atoms with Crippen LogP contribution in [0.3, 0.4) is 0 Å². The first-order chi connectivity index (χ1) is 7.11. The molecule has 0 saturated carbocycles. The second-order valence-electron chi connectivity index (χ2n) is 3.38. The minimum Gasteiger partial charge on any atom is -0.396 e. The van der Waals surface area contributed by atoms with Gasteiger partial charge in [0.05, 0.1) is 11.5 Å². The van der Waals surface area contributed by atoms with Gasteiger partial charge in [-0.05, 0) is 12.5 Å². The molecule has 5 heteroatoms. The molecule has 0 amide bonds. The first-order valence-electron chi connectivity index (χ1n) is 4.66. The van der Waals surface area contributed by atoms with Crippen LogP contribution >= 0.6 is 0 Å². The molecule has 82 valence electrons. The molecule has 1 aromatic rings. The Morgan fingerprint density at radius 2 is 2.27 bits per heavy atom. The molecule has 0 bridgehead atoms. The average molecular weight is 210 g/mol. The van der Waals surface area contributed by atoms with Gasteiger partial charge in [-0.25, -0.2) is 0 Å². The molecule has 15 heavy (non-hydrogen) atoms. The third kappa shape index (κ3) is 2.31. The molecule has 0 spiro atoms. The number of nitrogens with zero attached hydrogens (tertiary/aromatic N) is 1. The SMILES string of the molecule is Cc1cccc([N+](=O)[O-])c1C(CN)CO. The Bertz CT molecular complexity index is 362. The predicted octanol–water partition coefficient (Wildman–Crippen LogP) is 0.938. The highest BCUT2D eigenvalue weighted by Crippen LogP contribution is 2.28. The van der Waals surface area contributed by atoms with Gasteiger partial charge in [-0.2, -0.15) is 0 Å². The van der Waals surface area contributed by atoms with Gasteiger partial charge in [0.1, 0.15) is 0 Å². The van der Waals surface area contributed by atoms with Crippen LogP contribution in [-0.2, 0) is 0 Å². The van der Waals surface area contributed by atoms with Crippen LogP contribution in [0.15, 0.2) is 18.2 Å². The highest BCUT2D eigenvalue weighted by Gasteiger charge is 2.22. The number of aryl methyl sites for hydroxylation is 1. The monoisotopic (exact) mass is 210 g/mol. The molecule has 0 aliphatic rings. The van der Waals surface area contributed by atoms with E-state index in [9.17, 15) is 10.1 Å². The smallest absolute Gasteiger partial charge is 0.273 e. The molecule has 0 aliphatic heterocycles. The Labute approximate surface area is 87.7 Å². The summed E-state index contributed by atoms with van der Waals surface area (Å²) in [5.74, 6) is -0.369. The summed E-state index contributed by atoms with van der Waals surface area (Å²) in [6.07, 6.45) is 0. The van der Waals surface area contributed by atoms with Gasteiger partial charge in [0.15, 0.2) is 0 Å². The van der Waals surface area contributed by atoms with Crippen molar-refractivity contribution in [2.24, 2.45) is 5.73 Å². The molecular formula is C10H14N2O3. The zero-order chi connectivity index (χ0) is 11.4. The molecule has 0 fully saturated rings. The van der Waals surface area contributed by atoms with Crippen LogP contribution in [0.1, 0.15) is 17.0 Å². The van der Waals surface area contributed by atoms with Crippen molar-refractivity contribution in [1.82, 2.24) is 0 Å². The van der Waals surface area contributed by atoms with Crippen molar-refractivity contribution in [3.05, 3.63) is 39.4 Å². The van der Waals surface area contributed by atoms with Crippen molar-refractivity contribution in [2.45, 2.75) is 12.8 Å². The maximum absolute atomic E-state index is 10.8. The lowest BCUT2D eigenvalue weighted by Gasteiger charge is -2.14. The van der Waals surface area contributed by atoms with E-state index in [0.29, 0.717) is 5.56 Å². The Morgan fingerprint density at radius 3 is 2.73 bits per heavy atom. The van der Waals surface area contributed by atoms with Crippen LogP contribution in [0, 0.1) is 17.0 Å². The van der Waals surface area contributed by atoms with E-state index in [2.05, 4.69) is 0 Å². The fraction of sp³-hybridized carbons (Fsp3) is 0.400. The summed E-state index contributed by atoms with van der Waals surface area (Å²) >= 11 is 0. The summed E-state index contributed by atoms with van der Waals surface area (Å²) in [6.45, 7) is 1.80. The standard InChI is InChI=1S/C10H14N2O3/c1-7-3-2-4-9(12(14)15)10(7)8(5-11)6-13/h2-4,8,13H,5-6,11H2,1H3. The third-order valence-corrected chi connectivity index (χ3v) is 2.41. The van der Waals surface area contributed by atoms with Crippen LogP contribution in [0.25, 0.3) is 0 Å². The van der Waals surface area contributed by atoms with Crippen LogP contribution in [0.4, 0.5) is 5.69 Å². The van der Waals surface area contributed by atoms with Crippen molar-refractivity contribution < 1.29 is 10.0 Å². The number of aliphatic hydroxyl groups is 1. The number of aliphatic hydroxyl groups excluding tert-OH is 1. The summed E-state index contributed by atoms with van der Waals surface area (Å²) in [5.41, 5.74) is 6.82. The van der Waals surface area contributed by atoms with Gasteiger partial charge in [-0.15, -0.1) is 0 Å². The summed E-state index contributed by atoms with van der Waals surface area (Å²) in [6, 6.07) is 4.84. The lowest BCUT2D eigenvalue weighted by molar-refractivity contribution is -0.385. The van der Waals surface area contributed by atoms with E-state index in [0.717, 1.165) is 5.56 Å². The molecule has 1 rings (SSSR count). The summed E-state index contributed by atoms with van der Waals surface area (Å²) in [7, 11) is 0. The molecule has 0 radical (unpaired) electrons. The van der Waals surface area contributed by atoms with Crippen LogP contribution in [0.2, 0.25) is 0 Å². The van der Waals surface area contributed by atoms with Gasteiger partial charge in [0.2, 0.25) is 0 Å². The molecule has 5 nitrogen and oxygen atoms in total. The number of nitrogens with two attached hydrogens (primary N) is 1. The van der Waals surface area contributed by atoms with Crippen molar-refractivity contribution in [1.29, 1.82) is 0 Å². The molecule has 0 saturated heterocycles. The van der Waals surface area contributed by atoms with E-state index >= 15 is 0 Å². The number of hydrogen-bond acceptors (Lipinski definition) is 4. The van der Waals surface area contributed by atoms with Gasteiger partial charge < -0.3 is 10.8 Å². The first kappa shape index (κ1) is 11.6. The van der Waals surface area contributed by atoms with E-state index < -0.39 is 4.92 Å². The number of nitro benzene ring substituents is 1. The minimum atomic E-state index is -0.444. The topological polar surface area (TPSA) is 89.4 Å². The van der Waals surface area contributed by atoms with Crippen LogP contribution in [0.5, 0.6) is 0 Å². The van der Waals surface area contributed by atoms with Gasteiger partial charge in [-0.3, -0.25) is 10.1 Å². The molecule has 0 aliphatic carbocycles. The fourth-order valence-electron chi connectivity index (χ4n) is 1.64. The normalized spacial score (nSPS) is 12.5.